The van der Waals surface area contributed by atoms with Crippen molar-refractivity contribution in [2.75, 3.05) is 6.54 Å². The molecule has 0 amide bonds. The van der Waals surface area contributed by atoms with E-state index in [0.717, 1.165) is 37.0 Å². The predicted octanol–water partition coefficient (Wildman–Crippen LogP) is 1.11. The number of aromatic nitrogens is 6. The molecule has 7 heteroatoms. The number of hydrogen-bond donors (Lipinski definition) is 0. The molecule has 0 fully saturated rings. The molecule has 20 heavy (non-hydrogen) atoms. The molecule has 0 aliphatic carbocycles. The van der Waals surface area contributed by atoms with Gasteiger partial charge in [0, 0.05) is 38.8 Å². The van der Waals surface area contributed by atoms with Crippen LogP contribution < -0.4 is 0 Å². The maximum Gasteiger partial charge on any atom is 0.150 e. The van der Waals surface area contributed by atoms with Gasteiger partial charge in [-0.25, -0.2) is 0 Å². The average molecular weight is 275 g/mol. The number of rotatable bonds is 3. The van der Waals surface area contributed by atoms with E-state index >= 15 is 0 Å². The lowest BCUT2D eigenvalue weighted by Gasteiger charge is -2.33. The third-order valence-electron chi connectivity index (χ3n) is 3.87. The monoisotopic (exact) mass is 275 g/mol. The normalized spacial score (nSPS) is 19.6. The van der Waals surface area contributed by atoms with Crippen molar-refractivity contribution in [2.45, 2.75) is 45.8 Å². The molecule has 1 atom stereocenters. The van der Waals surface area contributed by atoms with Crippen molar-refractivity contribution in [2.24, 2.45) is 7.05 Å². The number of nitrogens with zero attached hydrogens (tertiary/aromatic N) is 7. The summed E-state index contributed by atoms with van der Waals surface area (Å²) in [6.45, 7) is 9.24. The zero-order valence-electron chi connectivity index (χ0n) is 12.5. The first-order chi connectivity index (χ1) is 9.56. The zero-order valence-corrected chi connectivity index (χ0v) is 12.5. The molecule has 0 spiro atoms. The molecule has 0 radical (unpaired) electrons. The lowest BCUT2D eigenvalue weighted by molar-refractivity contribution is 0.153. The van der Waals surface area contributed by atoms with Crippen LogP contribution in [0.1, 0.15) is 50.1 Å². The molecule has 0 aromatic carbocycles. The van der Waals surface area contributed by atoms with E-state index in [1.54, 1.807) is 4.68 Å². The standard InChI is InChI=1S/C13H21N7/c1-9(2)12-15-16-13-10(3)19(5-6-20(12)13)8-11-7-18(4)17-14-11/h7,9-10H,5-6,8H2,1-4H3. The van der Waals surface area contributed by atoms with Crippen LogP contribution in [0.2, 0.25) is 0 Å². The van der Waals surface area contributed by atoms with Gasteiger partial charge < -0.3 is 4.57 Å². The van der Waals surface area contributed by atoms with Crippen LogP contribution in [0.5, 0.6) is 0 Å². The smallest absolute Gasteiger partial charge is 0.150 e. The van der Waals surface area contributed by atoms with Gasteiger partial charge in [-0.1, -0.05) is 19.1 Å². The first-order valence-electron chi connectivity index (χ1n) is 7.08. The Morgan fingerprint density at radius 2 is 2.05 bits per heavy atom. The second-order valence-corrected chi connectivity index (χ2v) is 5.75. The maximum absolute atomic E-state index is 4.39. The van der Waals surface area contributed by atoms with Crippen molar-refractivity contribution in [3.8, 4) is 0 Å². The zero-order chi connectivity index (χ0) is 14.3. The molecule has 1 aliphatic rings. The molecule has 2 aromatic rings. The van der Waals surface area contributed by atoms with Gasteiger partial charge >= 0.3 is 0 Å². The van der Waals surface area contributed by atoms with Gasteiger partial charge in [0.05, 0.1) is 11.7 Å². The minimum absolute atomic E-state index is 0.255. The van der Waals surface area contributed by atoms with E-state index in [-0.39, 0.29) is 6.04 Å². The van der Waals surface area contributed by atoms with E-state index in [1.807, 2.05) is 13.2 Å². The van der Waals surface area contributed by atoms with E-state index in [1.165, 1.54) is 0 Å². The Morgan fingerprint density at radius 1 is 1.25 bits per heavy atom. The number of aryl methyl sites for hydroxylation is 1. The highest BCUT2D eigenvalue weighted by molar-refractivity contribution is 5.07. The topological polar surface area (TPSA) is 64.7 Å². The SMILES string of the molecule is CC(C)c1nnc2n1CCN(Cc1cn(C)nn1)C2C. The summed E-state index contributed by atoms with van der Waals surface area (Å²) in [6, 6.07) is 0.255. The molecular formula is C13H21N7. The van der Waals surface area contributed by atoms with E-state index in [4.69, 9.17) is 0 Å². The number of hydrogen-bond acceptors (Lipinski definition) is 5. The van der Waals surface area contributed by atoms with Crippen LogP contribution >= 0.6 is 0 Å². The van der Waals surface area contributed by atoms with Gasteiger partial charge in [0.25, 0.3) is 0 Å². The molecule has 1 aliphatic heterocycles. The van der Waals surface area contributed by atoms with Crippen molar-refractivity contribution in [1.82, 2.24) is 34.7 Å². The summed E-state index contributed by atoms with van der Waals surface area (Å²) in [6.07, 6.45) is 1.96. The van der Waals surface area contributed by atoms with Gasteiger partial charge in [0.15, 0.2) is 0 Å². The van der Waals surface area contributed by atoms with Crippen molar-refractivity contribution < 1.29 is 0 Å². The van der Waals surface area contributed by atoms with Gasteiger partial charge in [-0.15, -0.1) is 15.3 Å². The van der Waals surface area contributed by atoms with Gasteiger partial charge in [0.2, 0.25) is 0 Å². The summed E-state index contributed by atoms with van der Waals surface area (Å²) in [4.78, 5) is 2.37. The molecule has 108 valence electrons. The summed E-state index contributed by atoms with van der Waals surface area (Å²) in [5.41, 5.74) is 0.997. The minimum Gasteiger partial charge on any atom is -0.312 e. The second kappa shape index (κ2) is 4.97. The third-order valence-corrected chi connectivity index (χ3v) is 3.87. The van der Waals surface area contributed by atoms with Crippen LogP contribution in [0, 0.1) is 0 Å². The quantitative estimate of drug-likeness (QED) is 0.839. The second-order valence-electron chi connectivity index (χ2n) is 5.75. The Hall–Kier alpha value is -1.76. The first-order valence-corrected chi connectivity index (χ1v) is 7.08. The Kier molecular flexibility index (Phi) is 3.29. The van der Waals surface area contributed by atoms with Crippen molar-refractivity contribution >= 4 is 0 Å². The Labute approximate surface area is 118 Å². The molecule has 7 nitrogen and oxygen atoms in total. The molecule has 0 N–H and O–H groups in total. The van der Waals surface area contributed by atoms with Crippen LogP contribution in [-0.2, 0) is 20.1 Å². The van der Waals surface area contributed by atoms with Crippen LogP contribution in [-0.4, -0.2) is 41.2 Å². The molecule has 0 bridgehead atoms. The summed E-state index contributed by atoms with van der Waals surface area (Å²) >= 11 is 0. The van der Waals surface area contributed by atoms with Gasteiger partial charge in [-0.2, -0.15) is 0 Å². The third kappa shape index (κ3) is 2.22. The van der Waals surface area contributed by atoms with Gasteiger partial charge in [0.1, 0.15) is 11.6 Å². The summed E-state index contributed by atoms with van der Waals surface area (Å²) < 4.78 is 4.01. The summed E-state index contributed by atoms with van der Waals surface area (Å²) in [7, 11) is 1.89. The molecular weight excluding hydrogens is 254 g/mol. The van der Waals surface area contributed by atoms with E-state index in [9.17, 15) is 0 Å². The molecule has 2 aromatic heterocycles. The highest BCUT2D eigenvalue weighted by Crippen LogP contribution is 2.27. The summed E-state index contributed by atoms with van der Waals surface area (Å²) in [5.74, 6) is 2.56. The molecule has 1 unspecified atom stereocenters. The van der Waals surface area contributed by atoms with Crippen LogP contribution in [0.4, 0.5) is 0 Å². The Balaban J connectivity index is 1.80. The summed E-state index contributed by atoms with van der Waals surface area (Å²) in [5, 5.41) is 16.9. The van der Waals surface area contributed by atoms with E-state index in [0.29, 0.717) is 5.92 Å². The van der Waals surface area contributed by atoms with Gasteiger partial charge in [-0.05, 0) is 6.92 Å². The Morgan fingerprint density at radius 3 is 2.70 bits per heavy atom. The lowest BCUT2D eigenvalue weighted by atomic mass is 10.1. The predicted molar refractivity (Wildman–Crippen MR) is 73.9 cm³/mol. The van der Waals surface area contributed by atoms with Crippen LogP contribution in [0.15, 0.2) is 6.20 Å². The van der Waals surface area contributed by atoms with Gasteiger partial charge in [-0.3, -0.25) is 9.58 Å². The average Bonchev–Trinajstić information content (AvgIpc) is 2.99. The van der Waals surface area contributed by atoms with Crippen molar-refractivity contribution in [3.63, 3.8) is 0 Å². The first kappa shape index (κ1) is 13.2. The largest absolute Gasteiger partial charge is 0.312 e. The van der Waals surface area contributed by atoms with E-state index in [2.05, 4.69) is 50.7 Å². The lowest BCUT2D eigenvalue weighted by Crippen LogP contribution is -2.37. The molecule has 3 heterocycles. The fourth-order valence-electron chi connectivity index (χ4n) is 2.77. The fraction of sp³-hybridized carbons (Fsp3) is 0.692. The highest BCUT2D eigenvalue weighted by atomic mass is 15.4. The van der Waals surface area contributed by atoms with Crippen LogP contribution in [0.25, 0.3) is 0 Å². The highest BCUT2D eigenvalue weighted by Gasteiger charge is 2.29. The fourth-order valence-corrected chi connectivity index (χ4v) is 2.77. The van der Waals surface area contributed by atoms with E-state index < -0.39 is 0 Å². The maximum atomic E-state index is 4.39. The minimum atomic E-state index is 0.255. The molecule has 0 saturated carbocycles. The van der Waals surface area contributed by atoms with Crippen LogP contribution in [0.3, 0.4) is 0 Å². The molecule has 3 rings (SSSR count). The van der Waals surface area contributed by atoms with Crippen molar-refractivity contribution in [3.05, 3.63) is 23.5 Å². The molecule has 0 saturated heterocycles. The number of fused-ring (bicyclic) bond motifs is 1. The Bertz CT molecular complexity index is 598. The van der Waals surface area contributed by atoms with Crippen molar-refractivity contribution in [1.29, 1.82) is 0 Å².